The Morgan fingerprint density at radius 3 is 2.48 bits per heavy atom. The molecule has 0 aliphatic carbocycles. The first kappa shape index (κ1) is 20.6. The van der Waals surface area contributed by atoms with Crippen LogP contribution in [0.25, 0.3) is 0 Å². The van der Waals surface area contributed by atoms with Crippen molar-refractivity contribution in [2.45, 2.75) is 26.7 Å². The Kier molecular flexibility index (Phi) is 6.65. The molecule has 0 saturated carbocycles. The maximum atomic E-state index is 12.4. The summed E-state index contributed by atoms with van der Waals surface area (Å²) < 4.78 is 10.6. The van der Waals surface area contributed by atoms with Crippen LogP contribution in [0.1, 0.15) is 36.2 Å². The fourth-order valence-corrected chi connectivity index (χ4v) is 3.41. The summed E-state index contributed by atoms with van der Waals surface area (Å²) >= 11 is 0. The number of Topliss-reactive ketones (excluding diaryl/α,β-unsaturated/α-hetero) is 1. The van der Waals surface area contributed by atoms with Crippen LogP contribution in [0, 0.1) is 5.92 Å². The van der Waals surface area contributed by atoms with Crippen molar-refractivity contribution in [1.29, 1.82) is 0 Å². The Balaban J connectivity index is 1.57. The Morgan fingerprint density at radius 1 is 1.07 bits per heavy atom. The zero-order valence-corrected chi connectivity index (χ0v) is 16.7. The molecule has 0 spiro atoms. The number of anilines is 1. The van der Waals surface area contributed by atoms with E-state index in [0.29, 0.717) is 17.9 Å². The van der Waals surface area contributed by atoms with Crippen LogP contribution in [0.4, 0.5) is 5.69 Å². The number of hydrogen-bond donors (Lipinski definition) is 0. The van der Waals surface area contributed by atoms with E-state index in [2.05, 4.69) is 0 Å². The van der Waals surface area contributed by atoms with E-state index in [0.717, 1.165) is 17.7 Å². The highest BCUT2D eigenvalue weighted by atomic mass is 16.5. The summed E-state index contributed by atoms with van der Waals surface area (Å²) in [4.78, 5) is 38.8. The number of aryl methyl sites for hydroxylation is 1. The van der Waals surface area contributed by atoms with E-state index < -0.39 is 11.9 Å². The van der Waals surface area contributed by atoms with Crippen molar-refractivity contribution >= 4 is 23.3 Å². The van der Waals surface area contributed by atoms with Gasteiger partial charge < -0.3 is 14.4 Å². The second-order valence-electron chi connectivity index (χ2n) is 6.88. The molecule has 1 atom stereocenters. The fourth-order valence-electron chi connectivity index (χ4n) is 3.41. The number of ketones is 1. The molecule has 0 unspecified atom stereocenters. The highest BCUT2D eigenvalue weighted by Crippen LogP contribution is 2.29. The van der Waals surface area contributed by atoms with E-state index in [4.69, 9.17) is 9.47 Å². The van der Waals surface area contributed by atoms with E-state index >= 15 is 0 Å². The summed E-state index contributed by atoms with van der Waals surface area (Å²) in [5, 5.41) is 0. The molecular weight excluding hydrogens is 370 g/mol. The smallest absolute Gasteiger partial charge is 0.311 e. The second kappa shape index (κ2) is 9.37. The lowest BCUT2D eigenvalue weighted by Crippen LogP contribution is -2.28. The van der Waals surface area contributed by atoms with Gasteiger partial charge in [-0.3, -0.25) is 14.4 Å². The molecule has 0 radical (unpaired) electrons. The third-order valence-corrected chi connectivity index (χ3v) is 4.95. The quantitative estimate of drug-likeness (QED) is 0.506. The summed E-state index contributed by atoms with van der Waals surface area (Å²) in [5.41, 5.74) is 2.34. The molecule has 2 aromatic carbocycles. The molecule has 2 aromatic rings. The first-order valence-electron chi connectivity index (χ1n) is 9.84. The Labute approximate surface area is 170 Å². The number of ether oxygens (including phenoxy) is 2. The Bertz CT molecular complexity index is 890. The molecule has 29 heavy (non-hydrogen) atoms. The third-order valence-electron chi connectivity index (χ3n) is 4.95. The van der Waals surface area contributed by atoms with Crippen molar-refractivity contribution in [3.63, 3.8) is 0 Å². The number of para-hydroxylation sites is 1. The van der Waals surface area contributed by atoms with Gasteiger partial charge in [-0.25, -0.2) is 0 Å². The average molecular weight is 395 g/mol. The number of carbonyl (C=O) groups excluding carboxylic acids is 3. The molecule has 1 fully saturated rings. The van der Waals surface area contributed by atoms with Crippen LogP contribution in [-0.4, -0.2) is 37.4 Å². The monoisotopic (exact) mass is 395 g/mol. The lowest BCUT2D eigenvalue weighted by atomic mass is 10.1. The minimum absolute atomic E-state index is 0.0914. The van der Waals surface area contributed by atoms with Crippen LogP contribution in [0.15, 0.2) is 48.5 Å². The van der Waals surface area contributed by atoms with Gasteiger partial charge in [0.2, 0.25) is 5.91 Å². The molecule has 6 nitrogen and oxygen atoms in total. The average Bonchev–Trinajstić information content (AvgIpc) is 3.14. The largest absolute Gasteiger partial charge is 0.494 e. The van der Waals surface area contributed by atoms with Gasteiger partial charge in [-0.1, -0.05) is 25.1 Å². The summed E-state index contributed by atoms with van der Waals surface area (Å²) in [5.74, 6) is -0.808. The van der Waals surface area contributed by atoms with Gasteiger partial charge in [0.25, 0.3) is 0 Å². The summed E-state index contributed by atoms with van der Waals surface area (Å²) in [6, 6.07) is 14.4. The van der Waals surface area contributed by atoms with Gasteiger partial charge in [0, 0.05) is 24.2 Å². The molecule has 3 rings (SSSR count). The molecular formula is C23H25NO5. The van der Waals surface area contributed by atoms with E-state index in [1.165, 1.54) is 0 Å². The van der Waals surface area contributed by atoms with Gasteiger partial charge in [-0.15, -0.1) is 0 Å². The standard InChI is InChI=1S/C23H25NO5/c1-3-16-7-5-6-8-20(16)24-14-18(13-22(24)26)23(27)29-15-21(25)17-9-11-19(12-10-17)28-4-2/h5-12,18H,3-4,13-15H2,1-2H3/t18-/m0/s1. The molecule has 1 saturated heterocycles. The van der Waals surface area contributed by atoms with Gasteiger partial charge in [-0.2, -0.15) is 0 Å². The zero-order chi connectivity index (χ0) is 20.8. The Morgan fingerprint density at radius 2 is 1.79 bits per heavy atom. The first-order chi connectivity index (χ1) is 14.0. The SMILES string of the molecule is CCOc1ccc(C(=O)COC(=O)[C@H]2CC(=O)N(c3ccccc3CC)C2)cc1. The highest BCUT2D eigenvalue weighted by Gasteiger charge is 2.37. The van der Waals surface area contributed by atoms with Gasteiger partial charge in [0.15, 0.2) is 12.4 Å². The van der Waals surface area contributed by atoms with E-state index in [1.807, 2.05) is 38.1 Å². The number of amides is 1. The Hall–Kier alpha value is -3.15. The maximum absolute atomic E-state index is 12.4. The third kappa shape index (κ3) is 4.83. The second-order valence-corrected chi connectivity index (χ2v) is 6.88. The zero-order valence-electron chi connectivity index (χ0n) is 16.7. The minimum atomic E-state index is -0.569. The molecule has 152 valence electrons. The molecule has 6 heteroatoms. The van der Waals surface area contributed by atoms with Crippen molar-refractivity contribution in [2.24, 2.45) is 5.92 Å². The maximum Gasteiger partial charge on any atom is 0.311 e. The van der Waals surface area contributed by atoms with Gasteiger partial charge in [-0.05, 0) is 49.2 Å². The predicted octanol–water partition coefficient (Wildman–Crippen LogP) is 3.43. The first-order valence-corrected chi connectivity index (χ1v) is 9.84. The molecule has 0 N–H and O–H groups in total. The topological polar surface area (TPSA) is 72.9 Å². The van der Waals surface area contributed by atoms with Crippen LogP contribution in [-0.2, 0) is 20.7 Å². The van der Waals surface area contributed by atoms with Gasteiger partial charge in [0.1, 0.15) is 5.75 Å². The minimum Gasteiger partial charge on any atom is -0.494 e. The van der Waals surface area contributed by atoms with Crippen molar-refractivity contribution < 1.29 is 23.9 Å². The fraction of sp³-hybridized carbons (Fsp3) is 0.348. The van der Waals surface area contributed by atoms with Crippen LogP contribution >= 0.6 is 0 Å². The number of rotatable bonds is 8. The molecule has 1 aliphatic heterocycles. The number of hydrogen-bond acceptors (Lipinski definition) is 5. The van der Waals surface area contributed by atoms with Gasteiger partial charge >= 0.3 is 5.97 Å². The number of benzene rings is 2. The van der Waals surface area contributed by atoms with E-state index in [-0.39, 0.29) is 31.3 Å². The molecule has 0 bridgehead atoms. The van der Waals surface area contributed by atoms with E-state index in [1.54, 1.807) is 29.2 Å². The summed E-state index contributed by atoms with van der Waals surface area (Å²) in [6.45, 7) is 4.38. The lowest BCUT2D eigenvalue weighted by Gasteiger charge is -2.19. The number of nitrogens with zero attached hydrogens (tertiary/aromatic N) is 1. The highest BCUT2D eigenvalue weighted by molar-refractivity contribution is 6.01. The van der Waals surface area contributed by atoms with Crippen LogP contribution in [0.2, 0.25) is 0 Å². The van der Waals surface area contributed by atoms with Crippen LogP contribution in [0.5, 0.6) is 5.75 Å². The van der Waals surface area contributed by atoms with Crippen molar-refractivity contribution in [3.8, 4) is 5.75 Å². The molecule has 1 amide bonds. The molecule has 1 aliphatic rings. The number of esters is 1. The molecule has 0 aromatic heterocycles. The normalized spacial score (nSPS) is 16.0. The van der Waals surface area contributed by atoms with Crippen molar-refractivity contribution in [2.75, 3.05) is 24.7 Å². The summed E-state index contributed by atoms with van der Waals surface area (Å²) in [6.07, 6.45) is 0.889. The summed E-state index contributed by atoms with van der Waals surface area (Å²) in [7, 11) is 0. The molecule has 1 heterocycles. The van der Waals surface area contributed by atoms with Crippen LogP contribution in [0.3, 0.4) is 0 Å². The van der Waals surface area contributed by atoms with E-state index in [9.17, 15) is 14.4 Å². The lowest BCUT2D eigenvalue weighted by molar-refractivity contribution is -0.147. The number of carbonyl (C=O) groups is 3. The van der Waals surface area contributed by atoms with Gasteiger partial charge in [0.05, 0.1) is 12.5 Å². The van der Waals surface area contributed by atoms with Crippen molar-refractivity contribution in [1.82, 2.24) is 0 Å². The predicted molar refractivity (Wildman–Crippen MR) is 109 cm³/mol. The van der Waals surface area contributed by atoms with Crippen molar-refractivity contribution in [3.05, 3.63) is 59.7 Å². The van der Waals surface area contributed by atoms with Crippen LogP contribution < -0.4 is 9.64 Å².